The molecule has 114 valence electrons. The third-order valence-electron chi connectivity index (χ3n) is 5.53. The van der Waals surface area contributed by atoms with E-state index in [4.69, 9.17) is 5.73 Å². The van der Waals surface area contributed by atoms with E-state index in [0.29, 0.717) is 5.41 Å². The lowest BCUT2D eigenvalue weighted by Gasteiger charge is -2.44. The van der Waals surface area contributed by atoms with E-state index in [2.05, 4.69) is 21.2 Å². The minimum Gasteiger partial charge on any atom is -0.371 e. The molecule has 0 saturated heterocycles. The summed E-state index contributed by atoms with van der Waals surface area (Å²) in [5, 5.41) is 3.43. The van der Waals surface area contributed by atoms with Crippen molar-refractivity contribution >= 4 is 27.5 Å². The Labute approximate surface area is 134 Å². The van der Waals surface area contributed by atoms with Gasteiger partial charge in [0.15, 0.2) is 0 Å². The van der Waals surface area contributed by atoms with E-state index in [1.165, 1.54) is 25.7 Å². The van der Waals surface area contributed by atoms with E-state index in [0.717, 1.165) is 35.8 Å². The molecular formula is C17H23BrN2O. The average molecular weight is 351 g/mol. The highest BCUT2D eigenvalue weighted by Gasteiger charge is 2.46. The minimum atomic E-state index is -0.568. The highest BCUT2D eigenvalue weighted by atomic mass is 79.9. The second-order valence-electron chi connectivity index (χ2n) is 6.79. The first-order chi connectivity index (χ1) is 10.0. The number of rotatable bonds is 3. The van der Waals surface area contributed by atoms with Crippen LogP contribution in [0.4, 0.5) is 5.69 Å². The van der Waals surface area contributed by atoms with Crippen LogP contribution in [-0.4, -0.2) is 11.4 Å². The molecule has 0 aromatic heterocycles. The Morgan fingerprint density at radius 1 is 1.00 bits per heavy atom. The number of nitrogens with one attached hydrogen (secondary N) is 1. The molecule has 1 aromatic rings. The largest absolute Gasteiger partial charge is 0.371 e. The Kier molecular flexibility index (Phi) is 4.00. The van der Waals surface area contributed by atoms with Crippen molar-refractivity contribution in [3.8, 4) is 0 Å². The summed E-state index contributed by atoms with van der Waals surface area (Å²) in [5.74, 6) is -0.210. The Morgan fingerprint density at radius 3 is 2.10 bits per heavy atom. The summed E-state index contributed by atoms with van der Waals surface area (Å²) in [5.41, 5.74) is 6.66. The fraction of sp³-hybridized carbons (Fsp3) is 0.588. The van der Waals surface area contributed by atoms with E-state index in [-0.39, 0.29) is 5.91 Å². The van der Waals surface area contributed by atoms with Crippen LogP contribution in [0.15, 0.2) is 28.7 Å². The van der Waals surface area contributed by atoms with Crippen LogP contribution in [0, 0.1) is 5.41 Å². The number of carbonyl (C=O) groups excluding carboxylic acids is 1. The quantitative estimate of drug-likeness (QED) is 0.857. The number of hydrogen-bond donors (Lipinski definition) is 2. The van der Waals surface area contributed by atoms with Crippen molar-refractivity contribution in [3.63, 3.8) is 0 Å². The molecule has 1 aromatic carbocycles. The third kappa shape index (κ3) is 2.96. The number of nitrogens with two attached hydrogens (primary N) is 1. The van der Waals surface area contributed by atoms with Gasteiger partial charge < -0.3 is 11.1 Å². The molecule has 4 heteroatoms. The molecule has 1 spiro atoms. The van der Waals surface area contributed by atoms with Gasteiger partial charge in [-0.25, -0.2) is 0 Å². The molecule has 3 rings (SSSR count). The van der Waals surface area contributed by atoms with E-state index in [9.17, 15) is 4.79 Å². The summed E-state index contributed by atoms with van der Waals surface area (Å²) in [4.78, 5) is 12.1. The molecule has 21 heavy (non-hydrogen) atoms. The van der Waals surface area contributed by atoms with Gasteiger partial charge in [0.1, 0.15) is 5.54 Å². The van der Waals surface area contributed by atoms with Crippen molar-refractivity contribution in [2.24, 2.45) is 11.1 Å². The molecule has 0 radical (unpaired) electrons. The van der Waals surface area contributed by atoms with Gasteiger partial charge in [-0.1, -0.05) is 28.8 Å². The average Bonchev–Trinajstić information content (AvgIpc) is 2.93. The van der Waals surface area contributed by atoms with Gasteiger partial charge in [-0.2, -0.15) is 0 Å². The number of benzene rings is 1. The standard InChI is InChI=1S/C17H23BrN2O/c18-13-3-5-14(6-4-13)20-17(15(19)21)11-9-16(10-12-17)7-1-2-8-16/h3-6,20H,1-2,7-12H2,(H2,19,21). The van der Waals surface area contributed by atoms with Crippen molar-refractivity contribution in [3.05, 3.63) is 28.7 Å². The van der Waals surface area contributed by atoms with Crippen LogP contribution in [0.1, 0.15) is 51.4 Å². The fourth-order valence-corrected chi connectivity index (χ4v) is 4.34. The van der Waals surface area contributed by atoms with Gasteiger partial charge in [0.2, 0.25) is 5.91 Å². The van der Waals surface area contributed by atoms with E-state index in [1.807, 2.05) is 24.3 Å². The predicted octanol–water partition coefficient (Wildman–Crippen LogP) is 4.22. The van der Waals surface area contributed by atoms with E-state index < -0.39 is 5.54 Å². The highest BCUT2D eigenvalue weighted by Crippen LogP contribution is 2.51. The first-order valence-electron chi connectivity index (χ1n) is 7.87. The molecular weight excluding hydrogens is 328 g/mol. The van der Waals surface area contributed by atoms with Crippen LogP contribution in [0.25, 0.3) is 0 Å². The first-order valence-corrected chi connectivity index (χ1v) is 8.67. The summed E-state index contributed by atoms with van der Waals surface area (Å²) in [7, 11) is 0. The Hall–Kier alpha value is -1.03. The smallest absolute Gasteiger partial charge is 0.243 e. The normalized spacial score (nSPS) is 23.1. The topological polar surface area (TPSA) is 55.1 Å². The van der Waals surface area contributed by atoms with Crippen molar-refractivity contribution in [1.82, 2.24) is 0 Å². The molecule has 0 atom stereocenters. The van der Waals surface area contributed by atoms with Gasteiger partial charge in [0.25, 0.3) is 0 Å². The molecule has 2 aliphatic carbocycles. The lowest BCUT2D eigenvalue weighted by atomic mass is 9.66. The lowest BCUT2D eigenvalue weighted by molar-refractivity contribution is -0.124. The molecule has 0 unspecified atom stereocenters. The van der Waals surface area contributed by atoms with Gasteiger partial charge in [-0.05, 0) is 68.2 Å². The molecule has 0 heterocycles. The maximum atomic E-state index is 12.1. The molecule has 2 fully saturated rings. The second-order valence-corrected chi connectivity index (χ2v) is 7.70. The zero-order valence-corrected chi connectivity index (χ0v) is 13.9. The maximum Gasteiger partial charge on any atom is 0.243 e. The number of primary amides is 1. The molecule has 3 nitrogen and oxygen atoms in total. The van der Waals surface area contributed by atoms with Crippen LogP contribution < -0.4 is 11.1 Å². The Balaban J connectivity index is 1.75. The Bertz CT molecular complexity index is 510. The van der Waals surface area contributed by atoms with Gasteiger partial charge >= 0.3 is 0 Å². The number of halogens is 1. The Morgan fingerprint density at radius 2 is 1.57 bits per heavy atom. The molecule has 3 N–H and O–H groups in total. The number of amides is 1. The highest BCUT2D eigenvalue weighted by molar-refractivity contribution is 9.10. The molecule has 0 bridgehead atoms. The molecule has 1 amide bonds. The van der Waals surface area contributed by atoms with Crippen molar-refractivity contribution in [2.75, 3.05) is 5.32 Å². The maximum absolute atomic E-state index is 12.1. The zero-order chi connectivity index (χ0) is 14.9. The van der Waals surface area contributed by atoms with Crippen LogP contribution in [0.3, 0.4) is 0 Å². The van der Waals surface area contributed by atoms with Gasteiger partial charge in [-0.3, -0.25) is 4.79 Å². The van der Waals surface area contributed by atoms with E-state index in [1.54, 1.807) is 0 Å². The van der Waals surface area contributed by atoms with Crippen molar-refractivity contribution < 1.29 is 4.79 Å². The second kappa shape index (κ2) is 5.64. The van der Waals surface area contributed by atoms with Gasteiger partial charge in [0.05, 0.1) is 0 Å². The number of anilines is 1. The summed E-state index contributed by atoms with van der Waals surface area (Å²) in [6.45, 7) is 0. The molecule has 2 aliphatic rings. The summed E-state index contributed by atoms with van der Waals surface area (Å²) >= 11 is 3.43. The summed E-state index contributed by atoms with van der Waals surface area (Å²) in [6.07, 6.45) is 9.34. The lowest BCUT2D eigenvalue weighted by Crippen LogP contribution is -2.54. The van der Waals surface area contributed by atoms with Crippen LogP contribution >= 0.6 is 15.9 Å². The zero-order valence-electron chi connectivity index (χ0n) is 12.3. The summed E-state index contributed by atoms with van der Waals surface area (Å²) in [6, 6.07) is 7.96. The van der Waals surface area contributed by atoms with Crippen molar-refractivity contribution in [2.45, 2.75) is 56.9 Å². The van der Waals surface area contributed by atoms with E-state index >= 15 is 0 Å². The fourth-order valence-electron chi connectivity index (χ4n) is 4.07. The first kappa shape index (κ1) is 14.9. The van der Waals surface area contributed by atoms with Crippen molar-refractivity contribution in [1.29, 1.82) is 0 Å². The van der Waals surface area contributed by atoms with Crippen LogP contribution in [0.2, 0.25) is 0 Å². The molecule has 2 saturated carbocycles. The monoisotopic (exact) mass is 350 g/mol. The van der Waals surface area contributed by atoms with Gasteiger partial charge in [0, 0.05) is 10.2 Å². The minimum absolute atomic E-state index is 0.210. The third-order valence-corrected chi connectivity index (χ3v) is 6.06. The molecule has 0 aliphatic heterocycles. The SMILES string of the molecule is NC(=O)C1(Nc2ccc(Br)cc2)CCC2(CCCC2)CC1. The predicted molar refractivity (Wildman–Crippen MR) is 89.1 cm³/mol. The van der Waals surface area contributed by atoms with Gasteiger partial charge in [-0.15, -0.1) is 0 Å². The van der Waals surface area contributed by atoms with Crippen LogP contribution in [-0.2, 0) is 4.79 Å². The number of carbonyl (C=O) groups is 1. The van der Waals surface area contributed by atoms with Crippen LogP contribution in [0.5, 0.6) is 0 Å². The number of hydrogen-bond acceptors (Lipinski definition) is 2. The summed E-state index contributed by atoms with van der Waals surface area (Å²) < 4.78 is 1.04.